The molecular weight excluding hydrogens is 402 g/mol. The van der Waals surface area contributed by atoms with E-state index in [9.17, 15) is 8.78 Å². The number of aromatic amines is 1. The van der Waals surface area contributed by atoms with Gasteiger partial charge in [0.25, 0.3) is 0 Å². The van der Waals surface area contributed by atoms with E-state index >= 15 is 0 Å². The lowest BCUT2D eigenvalue weighted by atomic mass is 9.93. The second kappa shape index (κ2) is 7.81. The normalized spacial score (nSPS) is 24.0. The number of H-pyrrole nitrogens is 1. The van der Waals surface area contributed by atoms with Crippen molar-refractivity contribution in [3.05, 3.63) is 58.5 Å². The van der Waals surface area contributed by atoms with Gasteiger partial charge < -0.3 is 15.0 Å². The molecule has 7 nitrogen and oxygen atoms in total. The molecule has 0 spiro atoms. The monoisotopic (exact) mass is 428 g/mol. The number of imidazole rings is 1. The van der Waals surface area contributed by atoms with Crippen LogP contribution in [-0.4, -0.2) is 43.3 Å². The maximum atomic E-state index is 14.2. The molecule has 0 amide bonds. The first-order valence-corrected chi connectivity index (χ1v) is 10.6. The Morgan fingerprint density at radius 2 is 2.10 bits per heavy atom. The number of nitrogens with two attached hydrogens (primary N) is 1. The van der Waals surface area contributed by atoms with E-state index in [2.05, 4.69) is 26.6 Å². The zero-order valence-electron chi connectivity index (χ0n) is 17.6. The average molecular weight is 428 g/mol. The summed E-state index contributed by atoms with van der Waals surface area (Å²) in [5.41, 5.74) is 10.6. The van der Waals surface area contributed by atoms with Crippen molar-refractivity contribution >= 4 is 0 Å². The molecule has 3 atom stereocenters. The largest absolute Gasteiger partial charge is 0.370 e. The number of nitrogens with zero attached hydrogens (tertiary/aromatic N) is 4. The molecular formula is C22H26F2N6O. The standard InChI is InChI=1S/C22H26F2N6O/c1-3-30-20-10-29(9-19(20)26-22(30)18-6-12(2)27-28-18)14-8-17(25)21(31-11-14)15-7-13(23)4-5-16(15)24/h4-7,14,17,21H,3,8-11,25H2,1-2H3,(H,27,28)/t14-,17+,21-/m1/s1. The van der Waals surface area contributed by atoms with E-state index < -0.39 is 23.8 Å². The molecule has 2 aliphatic rings. The van der Waals surface area contributed by atoms with Gasteiger partial charge in [-0.25, -0.2) is 13.8 Å². The first-order valence-electron chi connectivity index (χ1n) is 10.6. The van der Waals surface area contributed by atoms with Gasteiger partial charge in [0.1, 0.15) is 23.4 Å². The lowest BCUT2D eigenvalue weighted by molar-refractivity contribution is -0.0535. The van der Waals surface area contributed by atoms with Crippen molar-refractivity contribution < 1.29 is 13.5 Å². The van der Waals surface area contributed by atoms with E-state index in [4.69, 9.17) is 15.5 Å². The fourth-order valence-electron chi connectivity index (χ4n) is 4.76. The third-order valence-electron chi connectivity index (χ3n) is 6.29. The average Bonchev–Trinajstić information content (AvgIpc) is 3.43. The van der Waals surface area contributed by atoms with Crippen molar-refractivity contribution in [1.82, 2.24) is 24.6 Å². The van der Waals surface area contributed by atoms with Crippen molar-refractivity contribution in [3.8, 4) is 11.5 Å². The predicted molar refractivity (Wildman–Crippen MR) is 111 cm³/mol. The van der Waals surface area contributed by atoms with Crippen molar-refractivity contribution in [3.63, 3.8) is 0 Å². The number of benzene rings is 1. The number of halogens is 2. The number of fused-ring (bicyclic) bond motifs is 1. The molecule has 2 aliphatic heterocycles. The minimum atomic E-state index is -0.644. The predicted octanol–water partition coefficient (Wildman–Crippen LogP) is 3.05. The number of rotatable bonds is 4. The molecule has 164 valence electrons. The molecule has 1 fully saturated rings. The highest BCUT2D eigenvalue weighted by Crippen LogP contribution is 2.35. The molecule has 3 aromatic rings. The summed E-state index contributed by atoms with van der Waals surface area (Å²) in [6, 6.07) is 5.08. The molecule has 0 bridgehead atoms. The SMILES string of the molecule is CCn1c(-c2cc(C)[nH]n2)nc2c1CN([C@H]1CO[C@H](c3cc(F)ccc3F)[C@@H](N)C1)C2. The van der Waals surface area contributed by atoms with Crippen LogP contribution in [0.1, 0.15) is 42.1 Å². The Hall–Kier alpha value is -2.62. The smallest absolute Gasteiger partial charge is 0.161 e. The second-order valence-electron chi connectivity index (χ2n) is 8.39. The van der Waals surface area contributed by atoms with Crippen LogP contribution in [0, 0.1) is 18.6 Å². The van der Waals surface area contributed by atoms with Gasteiger partial charge in [-0.3, -0.25) is 10.00 Å². The molecule has 1 aromatic carbocycles. The summed E-state index contributed by atoms with van der Waals surface area (Å²) >= 11 is 0. The van der Waals surface area contributed by atoms with Crippen LogP contribution in [0.15, 0.2) is 24.3 Å². The summed E-state index contributed by atoms with van der Waals surface area (Å²) in [4.78, 5) is 7.18. The van der Waals surface area contributed by atoms with Crippen LogP contribution in [0.5, 0.6) is 0 Å². The Morgan fingerprint density at radius 3 is 2.81 bits per heavy atom. The summed E-state index contributed by atoms with van der Waals surface area (Å²) in [6.45, 7) is 6.75. The van der Waals surface area contributed by atoms with E-state index in [0.29, 0.717) is 19.6 Å². The van der Waals surface area contributed by atoms with Crippen LogP contribution >= 0.6 is 0 Å². The van der Waals surface area contributed by atoms with Gasteiger partial charge >= 0.3 is 0 Å². The Balaban J connectivity index is 1.31. The van der Waals surface area contributed by atoms with Crippen LogP contribution in [0.3, 0.4) is 0 Å². The summed E-state index contributed by atoms with van der Waals surface area (Å²) in [5, 5.41) is 7.34. The summed E-state index contributed by atoms with van der Waals surface area (Å²) in [7, 11) is 0. The first kappa shape index (κ1) is 20.3. The Labute approximate surface area is 179 Å². The minimum absolute atomic E-state index is 0.0958. The number of aryl methyl sites for hydroxylation is 1. The van der Waals surface area contributed by atoms with E-state index in [1.807, 2.05) is 13.0 Å². The number of nitrogens with one attached hydrogen (secondary N) is 1. The number of hydrogen-bond acceptors (Lipinski definition) is 5. The van der Waals surface area contributed by atoms with Crippen LogP contribution < -0.4 is 5.73 Å². The molecule has 9 heteroatoms. The van der Waals surface area contributed by atoms with Crippen LogP contribution in [0.4, 0.5) is 8.78 Å². The highest BCUT2D eigenvalue weighted by molar-refractivity contribution is 5.52. The van der Waals surface area contributed by atoms with Crippen molar-refractivity contribution in [2.45, 2.75) is 58.1 Å². The summed E-state index contributed by atoms with van der Waals surface area (Å²) in [6.07, 6.45) is -0.00311. The fourth-order valence-corrected chi connectivity index (χ4v) is 4.76. The minimum Gasteiger partial charge on any atom is -0.370 e. The number of aromatic nitrogens is 4. The van der Waals surface area contributed by atoms with Gasteiger partial charge in [-0.15, -0.1) is 0 Å². The van der Waals surface area contributed by atoms with Gasteiger partial charge in [0, 0.05) is 43.0 Å². The third kappa shape index (κ3) is 3.56. The van der Waals surface area contributed by atoms with Crippen molar-refractivity contribution in [2.24, 2.45) is 5.73 Å². The van der Waals surface area contributed by atoms with Gasteiger partial charge in [0.2, 0.25) is 0 Å². The van der Waals surface area contributed by atoms with E-state index in [0.717, 1.165) is 48.1 Å². The first-order chi connectivity index (χ1) is 14.9. The Bertz CT molecular complexity index is 1110. The van der Waals surface area contributed by atoms with Crippen LogP contribution in [0.25, 0.3) is 11.5 Å². The Morgan fingerprint density at radius 1 is 1.26 bits per heavy atom. The van der Waals surface area contributed by atoms with Gasteiger partial charge in [-0.2, -0.15) is 5.10 Å². The molecule has 4 heterocycles. The van der Waals surface area contributed by atoms with Crippen molar-refractivity contribution in [1.29, 1.82) is 0 Å². The molecule has 0 aliphatic carbocycles. The lowest BCUT2D eigenvalue weighted by Crippen LogP contribution is -2.47. The molecule has 5 rings (SSSR count). The van der Waals surface area contributed by atoms with Crippen molar-refractivity contribution in [2.75, 3.05) is 6.61 Å². The highest BCUT2D eigenvalue weighted by Gasteiger charge is 2.38. The zero-order valence-corrected chi connectivity index (χ0v) is 17.6. The van der Waals surface area contributed by atoms with Crippen LogP contribution in [-0.2, 0) is 24.4 Å². The van der Waals surface area contributed by atoms with E-state index in [1.54, 1.807) is 0 Å². The molecule has 0 unspecified atom stereocenters. The van der Waals surface area contributed by atoms with E-state index in [-0.39, 0.29) is 11.6 Å². The highest BCUT2D eigenvalue weighted by atomic mass is 19.1. The summed E-state index contributed by atoms with van der Waals surface area (Å²) < 4.78 is 36.0. The molecule has 0 saturated carbocycles. The van der Waals surface area contributed by atoms with Crippen LogP contribution in [0.2, 0.25) is 0 Å². The number of ether oxygens (including phenoxy) is 1. The van der Waals surface area contributed by atoms with E-state index in [1.165, 1.54) is 11.8 Å². The number of hydrogen-bond donors (Lipinski definition) is 2. The van der Waals surface area contributed by atoms with Gasteiger partial charge in [-0.05, 0) is 44.5 Å². The second-order valence-corrected chi connectivity index (χ2v) is 8.39. The quantitative estimate of drug-likeness (QED) is 0.667. The fraction of sp³-hybridized carbons (Fsp3) is 0.455. The van der Waals surface area contributed by atoms with Gasteiger partial charge in [0.05, 0.1) is 18.0 Å². The Kier molecular flexibility index (Phi) is 5.11. The van der Waals surface area contributed by atoms with Gasteiger partial charge in [0.15, 0.2) is 5.82 Å². The molecule has 1 saturated heterocycles. The topological polar surface area (TPSA) is 85.0 Å². The molecule has 3 N–H and O–H groups in total. The maximum absolute atomic E-state index is 14.2. The maximum Gasteiger partial charge on any atom is 0.161 e. The lowest BCUT2D eigenvalue weighted by Gasteiger charge is -2.38. The molecule has 2 aromatic heterocycles. The summed E-state index contributed by atoms with van der Waals surface area (Å²) in [5.74, 6) is -0.0965. The molecule has 0 radical (unpaired) electrons. The van der Waals surface area contributed by atoms with Gasteiger partial charge in [-0.1, -0.05) is 0 Å². The zero-order chi connectivity index (χ0) is 21.7. The third-order valence-corrected chi connectivity index (χ3v) is 6.29. The molecule has 31 heavy (non-hydrogen) atoms.